The monoisotopic (exact) mass is 310 g/mol. The lowest BCUT2D eigenvalue weighted by Gasteiger charge is -2.04. The summed E-state index contributed by atoms with van der Waals surface area (Å²) in [4.78, 5) is 11.9. The number of carbonyl (C=O) groups excluding carboxylic acids is 1. The van der Waals surface area contributed by atoms with E-state index in [0.29, 0.717) is 18.6 Å². The fourth-order valence-corrected chi connectivity index (χ4v) is 2.29. The van der Waals surface area contributed by atoms with Gasteiger partial charge in [0, 0.05) is 12.0 Å². The molecule has 1 aliphatic rings. The normalized spacial score (nSPS) is 13.0. The van der Waals surface area contributed by atoms with Gasteiger partial charge in [-0.2, -0.15) is 5.10 Å². The molecule has 0 bridgehead atoms. The van der Waals surface area contributed by atoms with E-state index in [-0.39, 0.29) is 12.7 Å². The van der Waals surface area contributed by atoms with Crippen molar-refractivity contribution in [2.45, 2.75) is 19.8 Å². The van der Waals surface area contributed by atoms with E-state index in [1.165, 1.54) is 0 Å². The number of hydrogen-bond donors (Lipinski definition) is 1. The zero-order chi connectivity index (χ0) is 16.1. The average Bonchev–Trinajstić information content (AvgIpc) is 3.06. The highest BCUT2D eigenvalue weighted by atomic mass is 16.7. The second-order valence-electron chi connectivity index (χ2n) is 5.29. The van der Waals surface area contributed by atoms with Gasteiger partial charge >= 0.3 is 0 Å². The van der Waals surface area contributed by atoms with Crippen molar-refractivity contribution in [1.29, 1.82) is 0 Å². The smallest absolute Gasteiger partial charge is 0.240 e. The van der Waals surface area contributed by atoms with E-state index in [0.717, 1.165) is 22.6 Å². The number of benzene rings is 2. The first-order valence-corrected chi connectivity index (χ1v) is 7.49. The van der Waals surface area contributed by atoms with E-state index in [1.807, 2.05) is 55.5 Å². The molecule has 3 rings (SSSR count). The van der Waals surface area contributed by atoms with Gasteiger partial charge in [0.2, 0.25) is 12.7 Å². The van der Waals surface area contributed by atoms with E-state index in [2.05, 4.69) is 10.5 Å². The molecule has 1 amide bonds. The topological polar surface area (TPSA) is 59.9 Å². The summed E-state index contributed by atoms with van der Waals surface area (Å²) in [6.45, 7) is 2.08. The Morgan fingerprint density at radius 2 is 1.91 bits per heavy atom. The SMILES string of the molecule is C/C(=N/NC(=O)CCc1ccccc1)c1ccc2c(c1)OCO2. The van der Waals surface area contributed by atoms with Crippen LogP contribution in [-0.4, -0.2) is 18.4 Å². The fourth-order valence-electron chi connectivity index (χ4n) is 2.29. The summed E-state index contributed by atoms with van der Waals surface area (Å²) in [6, 6.07) is 15.5. The molecular formula is C18H18N2O3. The Labute approximate surface area is 134 Å². The molecule has 1 aliphatic heterocycles. The predicted molar refractivity (Wildman–Crippen MR) is 87.7 cm³/mol. The van der Waals surface area contributed by atoms with E-state index in [1.54, 1.807) is 0 Å². The number of amides is 1. The number of hydrazone groups is 1. The third-order valence-electron chi connectivity index (χ3n) is 3.62. The van der Waals surface area contributed by atoms with E-state index in [9.17, 15) is 4.79 Å². The zero-order valence-electron chi connectivity index (χ0n) is 12.9. The molecule has 0 saturated carbocycles. The molecule has 0 spiro atoms. The van der Waals surface area contributed by atoms with Crippen molar-refractivity contribution in [1.82, 2.24) is 5.43 Å². The van der Waals surface area contributed by atoms with Crippen LogP contribution >= 0.6 is 0 Å². The lowest BCUT2D eigenvalue weighted by atomic mass is 10.1. The van der Waals surface area contributed by atoms with Gasteiger partial charge in [0.1, 0.15) is 0 Å². The molecule has 0 radical (unpaired) electrons. The van der Waals surface area contributed by atoms with Gasteiger partial charge in [-0.1, -0.05) is 30.3 Å². The first-order valence-electron chi connectivity index (χ1n) is 7.49. The third-order valence-corrected chi connectivity index (χ3v) is 3.62. The van der Waals surface area contributed by atoms with Crippen LogP contribution in [0.25, 0.3) is 0 Å². The number of nitrogens with one attached hydrogen (secondary N) is 1. The minimum atomic E-state index is -0.103. The molecule has 0 aromatic heterocycles. The Morgan fingerprint density at radius 1 is 1.13 bits per heavy atom. The molecule has 2 aromatic rings. The summed E-state index contributed by atoms with van der Waals surface area (Å²) in [5.41, 5.74) is 5.34. The molecule has 5 nitrogen and oxygen atoms in total. The number of fused-ring (bicyclic) bond motifs is 1. The maximum absolute atomic E-state index is 11.9. The highest BCUT2D eigenvalue weighted by Crippen LogP contribution is 2.32. The van der Waals surface area contributed by atoms with Gasteiger partial charge in [0.15, 0.2) is 11.5 Å². The first kappa shape index (κ1) is 15.1. The van der Waals surface area contributed by atoms with Crippen molar-refractivity contribution >= 4 is 11.6 Å². The van der Waals surface area contributed by atoms with Crippen LogP contribution in [0.5, 0.6) is 11.5 Å². The van der Waals surface area contributed by atoms with Gasteiger partial charge in [0.25, 0.3) is 0 Å². The number of hydrogen-bond acceptors (Lipinski definition) is 4. The van der Waals surface area contributed by atoms with Crippen molar-refractivity contribution < 1.29 is 14.3 Å². The number of nitrogens with zero attached hydrogens (tertiary/aromatic N) is 1. The van der Waals surface area contributed by atoms with Gasteiger partial charge < -0.3 is 9.47 Å². The van der Waals surface area contributed by atoms with Crippen LogP contribution in [0, 0.1) is 0 Å². The van der Waals surface area contributed by atoms with E-state index in [4.69, 9.17) is 9.47 Å². The van der Waals surface area contributed by atoms with Crippen molar-refractivity contribution in [2.24, 2.45) is 5.10 Å². The average molecular weight is 310 g/mol. The molecule has 1 heterocycles. The number of carbonyl (C=O) groups is 1. The van der Waals surface area contributed by atoms with E-state index >= 15 is 0 Å². The molecule has 5 heteroatoms. The third kappa shape index (κ3) is 3.88. The van der Waals surface area contributed by atoms with Crippen LogP contribution in [-0.2, 0) is 11.2 Å². The molecule has 23 heavy (non-hydrogen) atoms. The summed E-state index contributed by atoms with van der Waals surface area (Å²) < 4.78 is 10.6. The van der Waals surface area contributed by atoms with Gasteiger partial charge in [0.05, 0.1) is 5.71 Å². The first-order chi connectivity index (χ1) is 11.2. The summed E-state index contributed by atoms with van der Waals surface area (Å²) >= 11 is 0. The maximum Gasteiger partial charge on any atom is 0.240 e. The molecule has 0 atom stereocenters. The van der Waals surface area contributed by atoms with Gasteiger partial charge in [-0.25, -0.2) is 5.43 Å². The Hall–Kier alpha value is -2.82. The summed E-state index contributed by atoms with van der Waals surface area (Å²) in [5, 5.41) is 4.15. The molecule has 0 unspecified atom stereocenters. The van der Waals surface area contributed by atoms with Gasteiger partial charge in [-0.3, -0.25) is 4.79 Å². The largest absolute Gasteiger partial charge is 0.454 e. The van der Waals surface area contributed by atoms with Crippen LogP contribution in [0.1, 0.15) is 24.5 Å². The highest BCUT2D eigenvalue weighted by Gasteiger charge is 2.14. The minimum absolute atomic E-state index is 0.103. The maximum atomic E-state index is 11.9. The zero-order valence-corrected chi connectivity index (χ0v) is 12.9. The Kier molecular flexibility index (Phi) is 4.57. The summed E-state index contributed by atoms with van der Waals surface area (Å²) in [7, 11) is 0. The summed E-state index contributed by atoms with van der Waals surface area (Å²) in [6.07, 6.45) is 1.10. The van der Waals surface area contributed by atoms with E-state index < -0.39 is 0 Å². The quantitative estimate of drug-likeness (QED) is 0.682. The van der Waals surface area contributed by atoms with Crippen molar-refractivity contribution in [2.75, 3.05) is 6.79 Å². The van der Waals surface area contributed by atoms with Gasteiger partial charge in [-0.15, -0.1) is 0 Å². The van der Waals surface area contributed by atoms with Crippen LogP contribution in [0.2, 0.25) is 0 Å². The second-order valence-corrected chi connectivity index (χ2v) is 5.29. The second kappa shape index (κ2) is 6.96. The summed E-state index contributed by atoms with van der Waals surface area (Å²) in [5.74, 6) is 1.33. The fraction of sp³-hybridized carbons (Fsp3) is 0.222. The lowest BCUT2D eigenvalue weighted by molar-refractivity contribution is -0.121. The Balaban J connectivity index is 1.55. The number of aryl methyl sites for hydroxylation is 1. The molecule has 0 fully saturated rings. The Morgan fingerprint density at radius 3 is 2.74 bits per heavy atom. The molecule has 118 valence electrons. The Bertz CT molecular complexity index is 726. The molecule has 1 N–H and O–H groups in total. The van der Waals surface area contributed by atoms with Crippen LogP contribution in [0.4, 0.5) is 0 Å². The van der Waals surface area contributed by atoms with Crippen LogP contribution < -0.4 is 14.9 Å². The van der Waals surface area contributed by atoms with Gasteiger partial charge in [-0.05, 0) is 37.1 Å². The highest BCUT2D eigenvalue weighted by molar-refractivity contribution is 5.99. The standard InChI is InChI=1S/C18H18N2O3/c1-13(15-8-9-16-17(11-15)23-12-22-16)19-20-18(21)10-7-14-5-3-2-4-6-14/h2-6,8-9,11H,7,10,12H2,1H3,(H,20,21)/b19-13-. The number of rotatable bonds is 5. The van der Waals surface area contributed by atoms with Crippen LogP contribution in [0.3, 0.4) is 0 Å². The lowest BCUT2D eigenvalue weighted by Crippen LogP contribution is -2.19. The molecule has 0 saturated heterocycles. The molecular weight excluding hydrogens is 292 g/mol. The molecule has 0 aliphatic carbocycles. The predicted octanol–water partition coefficient (Wildman–Crippen LogP) is 2.89. The van der Waals surface area contributed by atoms with Crippen molar-refractivity contribution in [3.8, 4) is 11.5 Å². The molecule has 2 aromatic carbocycles. The van der Waals surface area contributed by atoms with Crippen molar-refractivity contribution in [3.63, 3.8) is 0 Å². The van der Waals surface area contributed by atoms with Crippen molar-refractivity contribution in [3.05, 3.63) is 59.7 Å². The minimum Gasteiger partial charge on any atom is -0.454 e. The number of ether oxygens (including phenoxy) is 2. The van der Waals surface area contributed by atoms with Crippen LogP contribution in [0.15, 0.2) is 53.6 Å².